The first-order valence-electron chi connectivity index (χ1n) is 9.25. The van der Waals surface area contributed by atoms with Gasteiger partial charge in [0.25, 0.3) is 5.91 Å². The molecule has 0 saturated heterocycles. The molecule has 2 aromatic rings. The van der Waals surface area contributed by atoms with Gasteiger partial charge in [-0.25, -0.2) is 0 Å². The molecule has 0 aromatic heterocycles. The highest BCUT2D eigenvalue weighted by atomic mass is 16.5. The van der Waals surface area contributed by atoms with Crippen molar-refractivity contribution in [2.75, 3.05) is 12.4 Å². The number of anilines is 1. The van der Waals surface area contributed by atoms with Gasteiger partial charge in [-0.15, -0.1) is 0 Å². The molecule has 1 aliphatic rings. The molecule has 1 fully saturated rings. The summed E-state index contributed by atoms with van der Waals surface area (Å²) in [6, 6.07) is 17.5. The van der Waals surface area contributed by atoms with E-state index in [9.17, 15) is 4.79 Å². The fourth-order valence-corrected chi connectivity index (χ4v) is 3.61. The Hall–Kier alpha value is -2.33. The van der Waals surface area contributed by atoms with E-state index < -0.39 is 5.60 Å². The third kappa shape index (κ3) is 4.44. The molecule has 26 heavy (non-hydrogen) atoms. The van der Waals surface area contributed by atoms with E-state index in [1.165, 1.54) is 0 Å². The molecule has 0 spiro atoms. The Kier molecular flexibility index (Phi) is 5.94. The summed E-state index contributed by atoms with van der Waals surface area (Å²) in [5.41, 5.74) is 1.18. The molecule has 0 bridgehead atoms. The minimum Gasteiger partial charge on any atom is -0.489 e. The van der Waals surface area contributed by atoms with E-state index in [1.54, 1.807) is 7.11 Å². The van der Waals surface area contributed by atoms with Crippen molar-refractivity contribution in [1.82, 2.24) is 0 Å². The molecule has 1 amide bonds. The second-order valence-electron chi connectivity index (χ2n) is 7.15. The molecule has 2 aromatic carbocycles. The van der Waals surface area contributed by atoms with Gasteiger partial charge in [-0.1, -0.05) is 43.7 Å². The Bertz CT molecular complexity index is 714. The number of carbonyl (C=O) groups excluding carboxylic acids is 1. The number of carbonyl (C=O) groups is 1. The maximum absolute atomic E-state index is 12.8. The zero-order valence-electron chi connectivity index (χ0n) is 15.5. The van der Waals surface area contributed by atoms with Crippen LogP contribution in [0.2, 0.25) is 0 Å². The van der Waals surface area contributed by atoms with E-state index in [4.69, 9.17) is 9.47 Å². The van der Waals surface area contributed by atoms with E-state index in [1.807, 2.05) is 54.6 Å². The van der Waals surface area contributed by atoms with Crippen molar-refractivity contribution in [2.45, 2.75) is 44.8 Å². The molecule has 0 unspecified atom stereocenters. The zero-order valence-corrected chi connectivity index (χ0v) is 15.5. The highest BCUT2D eigenvalue weighted by molar-refractivity contribution is 5.97. The number of ether oxygens (including phenoxy) is 2. The summed E-state index contributed by atoms with van der Waals surface area (Å²) in [5, 5.41) is 3.01. The molecular formula is C22H27NO3. The zero-order chi connectivity index (χ0) is 18.4. The monoisotopic (exact) mass is 353 g/mol. The second kappa shape index (κ2) is 8.37. The van der Waals surface area contributed by atoms with Gasteiger partial charge < -0.3 is 14.8 Å². The molecule has 1 N–H and O–H groups in total. The quantitative estimate of drug-likeness (QED) is 0.811. The predicted octanol–water partition coefficient (Wildman–Crippen LogP) is 4.80. The van der Waals surface area contributed by atoms with Crippen molar-refractivity contribution in [3.63, 3.8) is 0 Å². The first-order chi connectivity index (χ1) is 12.6. The van der Waals surface area contributed by atoms with Crippen LogP contribution >= 0.6 is 0 Å². The molecule has 0 heterocycles. The van der Waals surface area contributed by atoms with E-state index in [0.29, 0.717) is 12.5 Å². The largest absolute Gasteiger partial charge is 0.489 e. The molecular weight excluding hydrogens is 326 g/mol. The Morgan fingerprint density at radius 3 is 2.54 bits per heavy atom. The molecule has 4 heteroatoms. The minimum atomic E-state index is -0.708. The summed E-state index contributed by atoms with van der Waals surface area (Å²) in [6.45, 7) is 2.70. The first-order valence-corrected chi connectivity index (χ1v) is 9.25. The number of rotatable bonds is 6. The fraction of sp³-hybridized carbons (Fsp3) is 0.409. The maximum atomic E-state index is 12.8. The highest BCUT2D eigenvalue weighted by Crippen LogP contribution is 2.35. The topological polar surface area (TPSA) is 47.6 Å². The van der Waals surface area contributed by atoms with Gasteiger partial charge in [0.15, 0.2) is 0 Å². The Balaban J connectivity index is 1.59. The van der Waals surface area contributed by atoms with Gasteiger partial charge >= 0.3 is 0 Å². The van der Waals surface area contributed by atoms with Gasteiger partial charge in [-0.2, -0.15) is 0 Å². The lowest BCUT2D eigenvalue weighted by atomic mass is 9.78. The van der Waals surface area contributed by atoms with E-state index >= 15 is 0 Å². The number of benzene rings is 2. The van der Waals surface area contributed by atoms with Crippen molar-refractivity contribution < 1.29 is 14.3 Å². The van der Waals surface area contributed by atoms with Gasteiger partial charge in [0.1, 0.15) is 18.0 Å². The summed E-state index contributed by atoms with van der Waals surface area (Å²) in [4.78, 5) is 12.8. The van der Waals surface area contributed by atoms with Crippen LogP contribution in [0.3, 0.4) is 0 Å². The number of methoxy groups -OCH3 is 1. The summed E-state index contributed by atoms with van der Waals surface area (Å²) in [5.74, 6) is 1.23. The number of amides is 1. The summed E-state index contributed by atoms with van der Waals surface area (Å²) >= 11 is 0. The van der Waals surface area contributed by atoms with Crippen LogP contribution in [0.25, 0.3) is 0 Å². The second-order valence-corrected chi connectivity index (χ2v) is 7.15. The summed E-state index contributed by atoms with van der Waals surface area (Å²) in [7, 11) is 1.64. The normalized spacial score (nSPS) is 22.6. The van der Waals surface area contributed by atoms with Crippen LogP contribution in [0.4, 0.5) is 5.69 Å². The molecule has 2 atom stereocenters. The van der Waals surface area contributed by atoms with Crippen LogP contribution < -0.4 is 10.1 Å². The van der Waals surface area contributed by atoms with Gasteiger partial charge in [-0.05, 0) is 55.0 Å². The standard InChI is InChI=1S/C22H27NO3/c1-17-7-6-14-22(15-17,25-2)21(24)23-19-10-12-20(13-11-19)26-16-18-8-4-3-5-9-18/h3-5,8-13,17H,6-7,14-16H2,1-2H3,(H,23,24)/t17-,22-/m0/s1. The van der Waals surface area contributed by atoms with Gasteiger partial charge in [-0.3, -0.25) is 4.79 Å². The van der Waals surface area contributed by atoms with Crippen molar-refractivity contribution in [3.8, 4) is 5.75 Å². The Labute approximate surface area is 155 Å². The van der Waals surface area contributed by atoms with Gasteiger partial charge in [0.2, 0.25) is 0 Å². The third-order valence-corrected chi connectivity index (χ3v) is 5.12. The molecule has 1 aliphatic carbocycles. The molecule has 0 radical (unpaired) electrons. The van der Waals surface area contributed by atoms with Crippen LogP contribution in [0.15, 0.2) is 54.6 Å². The average Bonchev–Trinajstić information content (AvgIpc) is 2.68. The lowest BCUT2D eigenvalue weighted by Gasteiger charge is -2.37. The van der Waals surface area contributed by atoms with Gasteiger partial charge in [0.05, 0.1) is 0 Å². The number of hydrogen-bond donors (Lipinski definition) is 1. The fourth-order valence-electron chi connectivity index (χ4n) is 3.61. The summed E-state index contributed by atoms with van der Waals surface area (Å²) < 4.78 is 11.4. The van der Waals surface area contributed by atoms with Crippen molar-refractivity contribution in [3.05, 3.63) is 60.2 Å². The first kappa shape index (κ1) is 18.5. The Morgan fingerprint density at radius 1 is 1.15 bits per heavy atom. The van der Waals surface area contributed by atoms with Crippen molar-refractivity contribution >= 4 is 11.6 Å². The van der Waals surface area contributed by atoms with Crippen LogP contribution in [-0.4, -0.2) is 18.6 Å². The molecule has 3 rings (SSSR count). The van der Waals surface area contributed by atoms with Crippen molar-refractivity contribution in [1.29, 1.82) is 0 Å². The minimum absolute atomic E-state index is 0.0514. The molecule has 138 valence electrons. The van der Waals surface area contributed by atoms with Crippen molar-refractivity contribution in [2.24, 2.45) is 5.92 Å². The van der Waals surface area contributed by atoms with E-state index in [-0.39, 0.29) is 5.91 Å². The molecule has 0 aliphatic heterocycles. The van der Waals surface area contributed by atoms with E-state index in [2.05, 4.69) is 12.2 Å². The average molecular weight is 353 g/mol. The third-order valence-electron chi connectivity index (χ3n) is 5.12. The van der Waals surface area contributed by atoms with Crippen LogP contribution in [-0.2, 0) is 16.1 Å². The maximum Gasteiger partial charge on any atom is 0.256 e. The SMILES string of the molecule is CO[C@@]1(C(=O)Nc2ccc(OCc3ccccc3)cc2)CCC[C@H](C)C1. The lowest BCUT2D eigenvalue weighted by Crippen LogP contribution is -2.47. The summed E-state index contributed by atoms with van der Waals surface area (Å²) in [6.07, 6.45) is 3.73. The number of nitrogens with one attached hydrogen (secondary N) is 1. The number of hydrogen-bond acceptors (Lipinski definition) is 3. The molecule has 1 saturated carbocycles. The van der Waals surface area contributed by atoms with Gasteiger partial charge in [0, 0.05) is 12.8 Å². The highest BCUT2D eigenvalue weighted by Gasteiger charge is 2.41. The van der Waals surface area contributed by atoms with Crippen LogP contribution in [0.5, 0.6) is 5.75 Å². The Morgan fingerprint density at radius 2 is 1.88 bits per heavy atom. The van der Waals surface area contributed by atoms with Crippen LogP contribution in [0.1, 0.15) is 38.2 Å². The lowest BCUT2D eigenvalue weighted by molar-refractivity contribution is -0.143. The smallest absolute Gasteiger partial charge is 0.256 e. The molecule has 4 nitrogen and oxygen atoms in total. The van der Waals surface area contributed by atoms with Crippen LogP contribution in [0, 0.1) is 5.92 Å². The van der Waals surface area contributed by atoms with E-state index in [0.717, 1.165) is 42.7 Å². The predicted molar refractivity (Wildman–Crippen MR) is 103 cm³/mol.